The Bertz CT molecular complexity index is 1140. The highest BCUT2D eigenvalue weighted by atomic mass is 16.2. The van der Waals surface area contributed by atoms with Crippen LogP contribution in [0.4, 0.5) is 11.4 Å². The molecule has 0 radical (unpaired) electrons. The average molecular weight is 391 g/mol. The number of hydrogen-bond acceptors (Lipinski definition) is 5. The third-order valence-electron chi connectivity index (χ3n) is 4.09. The Morgan fingerprint density at radius 3 is 1.77 bits per heavy atom. The van der Waals surface area contributed by atoms with E-state index in [0.717, 1.165) is 0 Å². The van der Waals surface area contributed by atoms with E-state index in [4.69, 9.17) is 0 Å². The lowest BCUT2D eigenvalue weighted by Gasteiger charge is -2.13. The minimum absolute atomic E-state index is 0.0768. The van der Waals surface area contributed by atoms with Crippen molar-refractivity contribution in [1.29, 1.82) is 10.5 Å². The number of amides is 1. The number of rotatable bonds is 6. The maximum absolute atomic E-state index is 13.2. The summed E-state index contributed by atoms with van der Waals surface area (Å²) in [4.78, 5) is 13.2. The zero-order valence-electron chi connectivity index (χ0n) is 15.9. The molecule has 6 nitrogen and oxygen atoms in total. The van der Waals surface area contributed by atoms with Crippen molar-refractivity contribution in [1.82, 2.24) is 0 Å². The van der Waals surface area contributed by atoms with Gasteiger partial charge in [-0.2, -0.15) is 15.6 Å². The van der Waals surface area contributed by atoms with Crippen molar-refractivity contribution in [3.8, 4) is 12.1 Å². The first-order valence-electron chi connectivity index (χ1n) is 9.08. The third-order valence-corrected chi connectivity index (χ3v) is 4.09. The molecule has 0 saturated carbocycles. The van der Waals surface area contributed by atoms with Crippen LogP contribution in [0.1, 0.15) is 5.56 Å². The van der Waals surface area contributed by atoms with Crippen molar-refractivity contribution in [3.63, 3.8) is 0 Å². The lowest BCUT2D eigenvalue weighted by molar-refractivity contribution is -0.110. The average Bonchev–Trinajstić information content (AvgIpc) is 2.80. The molecule has 0 heterocycles. The molecular weight excluding hydrogens is 374 g/mol. The number of carbonyl (C=O) groups excluding carboxylic acids is 1. The molecule has 0 aliphatic rings. The van der Waals surface area contributed by atoms with E-state index in [1.165, 1.54) is 0 Å². The minimum atomic E-state index is -0.550. The monoisotopic (exact) mass is 391 g/mol. The van der Waals surface area contributed by atoms with Gasteiger partial charge in [-0.25, -0.2) is 0 Å². The molecule has 0 bridgehead atoms. The van der Waals surface area contributed by atoms with Gasteiger partial charge >= 0.3 is 0 Å². The first-order chi connectivity index (χ1) is 14.7. The van der Waals surface area contributed by atoms with Gasteiger partial charge in [-0.05, 0) is 29.8 Å². The first kappa shape index (κ1) is 20.1. The van der Waals surface area contributed by atoms with Crippen LogP contribution in [0.5, 0.6) is 0 Å². The van der Waals surface area contributed by atoms with Crippen molar-refractivity contribution in [3.05, 3.63) is 102 Å². The second-order valence-corrected chi connectivity index (χ2v) is 6.10. The molecule has 0 aromatic heterocycles. The Labute approximate surface area is 174 Å². The fraction of sp³-hybridized carbons (Fsp3) is 0. The summed E-state index contributed by atoms with van der Waals surface area (Å²) in [5, 5.41) is 26.1. The summed E-state index contributed by atoms with van der Waals surface area (Å²) in [5.74, 6) is -0.550. The molecule has 144 valence electrons. The predicted octanol–water partition coefficient (Wildman–Crippen LogP) is 4.59. The van der Waals surface area contributed by atoms with Crippen LogP contribution in [-0.2, 0) is 4.79 Å². The fourth-order valence-electron chi connectivity index (χ4n) is 2.71. The number of anilines is 2. The van der Waals surface area contributed by atoms with Crippen molar-refractivity contribution in [2.24, 2.45) is 5.10 Å². The number of hydrogen-bond donors (Lipinski definition) is 2. The van der Waals surface area contributed by atoms with Gasteiger partial charge in [-0.3, -0.25) is 10.2 Å². The highest BCUT2D eigenvalue weighted by molar-refractivity contribution is 6.59. The number of nitriles is 2. The summed E-state index contributed by atoms with van der Waals surface area (Å²) in [7, 11) is 0. The number of hydrazone groups is 1. The van der Waals surface area contributed by atoms with Crippen LogP contribution in [0.3, 0.4) is 0 Å². The molecule has 6 heteroatoms. The lowest BCUT2D eigenvalue weighted by atomic mass is 9.96. The number of nitrogens with one attached hydrogen (secondary N) is 2. The molecular formula is C24H17N5O. The maximum atomic E-state index is 13.2. The standard InChI is InChI=1S/C24H17N5O/c25-16-19(17-26)22(18-10-4-1-5-11-18)23(29-28-21-14-8-3-9-15-21)24(30)27-20-12-6-2-7-13-20/h1-15,28H,(H,27,30)/b29-23+. The van der Waals surface area contributed by atoms with Crippen LogP contribution in [0.25, 0.3) is 5.57 Å². The molecule has 0 aliphatic carbocycles. The SMILES string of the molecule is N#CC(C#N)=C(/C(=N\Nc1ccccc1)C(=O)Nc1ccccc1)c1ccccc1. The molecule has 0 atom stereocenters. The fourth-order valence-corrected chi connectivity index (χ4v) is 2.71. The van der Waals surface area contributed by atoms with Gasteiger partial charge in [0.15, 0.2) is 5.71 Å². The molecule has 1 amide bonds. The molecule has 0 aliphatic heterocycles. The van der Waals surface area contributed by atoms with E-state index in [-0.39, 0.29) is 16.9 Å². The molecule has 2 N–H and O–H groups in total. The van der Waals surface area contributed by atoms with E-state index in [2.05, 4.69) is 15.8 Å². The van der Waals surface area contributed by atoms with E-state index >= 15 is 0 Å². The van der Waals surface area contributed by atoms with Gasteiger partial charge in [0.1, 0.15) is 17.7 Å². The number of para-hydroxylation sites is 2. The topological polar surface area (TPSA) is 101 Å². The Hall–Kier alpha value is -4.68. The summed E-state index contributed by atoms with van der Waals surface area (Å²) in [6, 6.07) is 30.5. The van der Waals surface area contributed by atoms with Gasteiger partial charge in [0.05, 0.1) is 5.69 Å². The van der Waals surface area contributed by atoms with Crippen molar-refractivity contribution in [2.75, 3.05) is 10.7 Å². The van der Waals surface area contributed by atoms with E-state index in [0.29, 0.717) is 16.9 Å². The summed E-state index contributed by atoms with van der Waals surface area (Å²) in [5.41, 5.74) is 4.46. The predicted molar refractivity (Wildman–Crippen MR) is 117 cm³/mol. The van der Waals surface area contributed by atoms with Gasteiger partial charge in [-0.1, -0.05) is 66.7 Å². The first-order valence-corrected chi connectivity index (χ1v) is 9.08. The quantitative estimate of drug-likeness (QED) is 0.364. The summed E-state index contributed by atoms with van der Waals surface area (Å²) in [6.07, 6.45) is 0. The van der Waals surface area contributed by atoms with Crippen LogP contribution in [0, 0.1) is 22.7 Å². The van der Waals surface area contributed by atoms with E-state index < -0.39 is 5.91 Å². The van der Waals surface area contributed by atoms with Gasteiger partial charge in [-0.15, -0.1) is 0 Å². The van der Waals surface area contributed by atoms with Gasteiger partial charge in [0.25, 0.3) is 5.91 Å². The minimum Gasteiger partial charge on any atom is -0.321 e. The molecule has 0 saturated heterocycles. The molecule has 0 fully saturated rings. The van der Waals surface area contributed by atoms with E-state index in [1.807, 2.05) is 42.5 Å². The molecule has 3 aromatic rings. The number of nitrogens with zero attached hydrogens (tertiary/aromatic N) is 3. The molecule has 0 spiro atoms. The largest absolute Gasteiger partial charge is 0.321 e. The van der Waals surface area contributed by atoms with Gasteiger partial charge in [0, 0.05) is 11.3 Å². The third kappa shape index (κ3) is 4.98. The Kier molecular flexibility index (Phi) is 6.71. The molecule has 30 heavy (non-hydrogen) atoms. The molecule has 3 rings (SSSR count). The lowest BCUT2D eigenvalue weighted by Crippen LogP contribution is -2.26. The smallest absolute Gasteiger partial charge is 0.276 e. The summed E-state index contributed by atoms with van der Waals surface area (Å²) in [6.45, 7) is 0. The summed E-state index contributed by atoms with van der Waals surface area (Å²) < 4.78 is 0. The Morgan fingerprint density at radius 2 is 1.23 bits per heavy atom. The normalized spacial score (nSPS) is 10.3. The van der Waals surface area contributed by atoms with Crippen molar-refractivity contribution in [2.45, 2.75) is 0 Å². The zero-order chi connectivity index (χ0) is 21.2. The van der Waals surface area contributed by atoms with E-state index in [9.17, 15) is 15.3 Å². The maximum Gasteiger partial charge on any atom is 0.276 e. The van der Waals surface area contributed by atoms with Crippen molar-refractivity contribution >= 4 is 28.6 Å². The van der Waals surface area contributed by atoms with Gasteiger partial charge < -0.3 is 5.32 Å². The zero-order valence-corrected chi connectivity index (χ0v) is 15.9. The van der Waals surface area contributed by atoms with Crippen LogP contribution in [0.15, 0.2) is 102 Å². The summed E-state index contributed by atoms with van der Waals surface area (Å²) >= 11 is 0. The Morgan fingerprint density at radius 1 is 0.733 bits per heavy atom. The van der Waals surface area contributed by atoms with Crippen LogP contribution in [0.2, 0.25) is 0 Å². The highest BCUT2D eigenvalue weighted by Crippen LogP contribution is 2.22. The van der Waals surface area contributed by atoms with Crippen molar-refractivity contribution < 1.29 is 4.79 Å². The number of benzene rings is 3. The number of carbonyl (C=O) groups is 1. The second-order valence-electron chi connectivity index (χ2n) is 6.10. The number of allylic oxidation sites excluding steroid dienone is 1. The second kappa shape index (κ2) is 10.0. The van der Waals surface area contributed by atoms with Crippen LogP contribution >= 0.6 is 0 Å². The highest BCUT2D eigenvalue weighted by Gasteiger charge is 2.23. The van der Waals surface area contributed by atoms with Crippen LogP contribution < -0.4 is 10.7 Å². The van der Waals surface area contributed by atoms with Gasteiger partial charge in [0.2, 0.25) is 0 Å². The Balaban J connectivity index is 2.11. The van der Waals surface area contributed by atoms with E-state index in [1.54, 1.807) is 60.7 Å². The molecule has 0 unspecified atom stereocenters. The van der Waals surface area contributed by atoms with Crippen LogP contribution in [-0.4, -0.2) is 11.6 Å². The molecule has 3 aromatic carbocycles.